The number of carbonyl (C=O) groups excluding carboxylic acids is 2. The van der Waals surface area contributed by atoms with Gasteiger partial charge in [-0.2, -0.15) is 0 Å². The molecule has 2 aliphatic heterocycles. The van der Waals surface area contributed by atoms with Crippen molar-refractivity contribution in [1.29, 1.82) is 0 Å². The summed E-state index contributed by atoms with van der Waals surface area (Å²) >= 11 is 0. The zero-order chi connectivity index (χ0) is 24.6. The number of hydrogen-bond acceptors (Lipinski definition) is 7. The Morgan fingerprint density at radius 2 is 2.00 bits per heavy atom. The second-order valence-corrected chi connectivity index (χ2v) is 9.90. The maximum absolute atomic E-state index is 12.9. The molecule has 1 saturated heterocycles. The normalized spacial score (nSPS) is 15.4. The fraction of sp³-hybridized carbons (Fsp3) is 0.480. The summed E-state index contributed by atoms with van der Waals surface area (Å²) < 4.78 is 5.37. The van der Waals surface area contributed by atoms with Crippen LogP contribution in [0.25, 0.3) is 0 Å². The van der Waals surface area contributed by atoms with Crippen LogP contribution < -0.4 is 20.4 Å². The number of fused-ring (bicyclic) bond motifs is 1. The van der Waals surface area contributed by atoms with Crippen molar-refractivity contribution in [3.05, 3.63) is 41.6 Å². The SMILES string of the molecule is CCc1cc(C(=O)NC2CN(C(=O)OC(C)(C)C)C2)ccc1N(C)c1cc2c(cn1)NCN2C. The molecule has 34 heavy (non-hydrogen) atoms. The average Bonchev–Trinajstić information content (AvgIpc) is 3.13. The van der Waals surface area contributed by atoms with E-state index in [0.717, 1.165) is 41.5 Å². The van der Waals surface area contributed by atoms with E-state index in [1.54, 1.807) is 4.90 Å². The van der Waals surface area contributed by atoms with Crippen molar-refractivity contribution in [1.82, 2.24) is 15.2 Å². The minimum absolute atomic E-state index is 0.0753. The smallest absolute Gasteiger partial charge is 0.410 e. The fourth-order valence-electron chi connectivity index (χ4n) is 4.13. The van der Waals surface area contributed by atoms with Gasteiger partial charge in [0.15, 0.2) is 0 Å². The molecule has 0 unspecified atom stereocenters. The molecule has 9 nitrogen and oxygen atoms in total. The molecule has 9 heteroatoms. The lowest BCUT2D eigenvalue weighted by Crippen LogP contribution is -2.61. The third kappa shape index (κ3) is 4.88. The number of aryl methyl sites for hydroxylation is 1. The molecule has 182 valence electrons. The second-order valence-electron chi connectivity index (χ2n) is 9.90. The average molecular weight is 467 g/mol. The van der Waals surface area contributed by atoms with Crippen molar-refractivity contribution in [2.45, 2.75) is 45.8 Å². The van der Waals surface area contributed by atoms with Crippen molar-refractivity contribution < 1.29 is 14.3 Å². The maximum atomic E-state index is 12.9. The molecule has 0 aliphatic carbocycles. The summed E-state index contributed by atoms with van der Waals surface area (Å²) in [6.07, 6.45) is 2.29. The zero-order valence-electron chi connectivity index (χ0n) is 20.8. The first-order valence-electron chi connectivity index (χ1n) is 11.7. The van der Waals surface area contributed by atoms with Crippen molar-refractivity contribution in [2.75, 3.05) is 49.0 Å². The van der Waals surface area contributed by atoms with Crippen LogP contribution in [0.1, 0.15) is 43.6 Å². The molecule has 4 rings (SSSR count). The standard InChI is InChI=1S/C25H34N6O3/c1-7-16-10-17(23(32)28-18-13-31(14-18)24(33)34-25(2,3)4)8-9-20(16)30(6)22-11-21-19(12-26-22)27-15-29(21)5/h8-12,18,27H,7,13-15H2,1-6H3,(H,28,32). The van der Waals surface area contributed by atoms with Crippen molar-refractivity contribution in [3.8, 4) is 0 Å². The molecule has 1 aromatic carbocycles. The van der Waals surface area contributed by atoms with Gasteiger partial charge in [-0.25, -0.2) is 9.78 Å². The topological polar surface area (TPSA) is 90.0 Å². The molecule has 2 amide bonds. The van der Waals surface area contributed by atoms with Gasteiger partial charge in [-0.3, -0.25) is 4.79 Å². The summed E-state index contributed by atoms with van der Waals surface area (Å²) in [6, 6.07) is 7.74. The van der Waals surface area contributed by atoms with Gasteiger partial charge < -0.3 is 30.1 Å². The van der Waals surface area contributed by atoms with Crippen LogP contribution in [0, 0.1) is 0 Å². The first-order valence-corrected chi connectivity index (χ1v) is 11.7. The molecule has 0 saturated carbocycles. The van der Waals surface area contributed by atoms with Gasteiger partial charge in [-0.05, 0) is 51.0 Å². The summed E-state index contributed by atoms with van der Waals surface area (Å²) in [4.78, 5) is 35.4. The van der Waals surface area contributed by atoms with Crippen LogP contribution in [-0.4, -0.2) is 67.4 Å². The number of carbonyl (C=O) groups is 2. The van der Waals surface area contributed by atoms with Crippen LogP contribution in [0.4, 0.5) is 27.7 Å². The van der Waals surface area contributed by atoms with Gasteiger partial charge >= 0.3 is 6.09 Å². The number of hydrogen-bond donors (Lipinski definition) is 2. The van der Waals surface area contributed by atoms with E-state index in [9.17, 15) is 9.59 Å². The molecule has 3 heterocycles. The first-order chi connectivity index (χ1) is 16.1. The Balaban J connectivity index is 1.41. The molecule has 0 bridgehead atoms. The number of likely N-dealkylation sites (tertiary alicyclic amines) is 1. The van der Waals surface area contributed by atoms with Crippen LogP contribution in [0.15, 0.2) is 30.5 Å². The van der Waals surface area contributed by atoms with E-state index in [4.69, 9.17) is 4.74 Å². The van der Waals surface area contributed by atoms with Crippen LogP contribution in [0.5, 0.6) is 0 Å². The second kappa shape index (κ2) is 9.04. The third-order valence-corrected chi connectivity index (χ3v) is 6.08. The molecule has 2 N–H and O–H groups in total. The van der Waals surface area contributed by atoms with Crippen LogP contribution in [0.3, 0.4) is 0 Å². The lowest BCUT2D eigenvalue weighted by Gasteiger charge is -2.40. The van der Waals surface area contributed by atoms with Gasteiger partial charge in [0.25, 0.3) is 5.91 Å². The highest BCUT2D eigenvalue weighted by atomic mass is 16.6. The molecule has 1 aromatic heterocycles. The Bertz CT molecular complexity index is 1090. The van der Waals surface area contributed by atoms with Gasteiger partial charge in [-0.1, -0.05) is 6.92 Å². The predicted octanol–water partition coefficient (Wildman–Crippen LogP) is 3.58. The largest absolute Gasteiger partial charge is 0.444 e. The van der Waals surface area contributed by atoms with E-state index < -0.39 is 5.60 Å². The number of anilines is 4. The maximum Gasteiger partial charge on any atom is 0.410 e. The lowest BCUT2D eigenvalue weighted by molar-refractivity contribution is 0.00533. The Hall–Kier alpha value is -3.49. The van der Waals surface area contributed by atoms with E-state index in [-0.39, 0.29) is 18.0 Å². The summed E-state index contributed by atoms with van der Waals surface area (Å²) in [7, 11) is 4.04. The summed E-state index contributed by atoms with van der Waals surface area (Å²) in [5.41, 5.74) is 4.30. The molecule has 0 radical (unpaired) electrons. The van der Waals surface area contributed by atoms with E-state index in [0.29, 0.717) is 18.7 Å². The number of nitrogens with one attached hydrogen (secondary N) is 2. The number of pyridine rings is 1. The van der Waals surface area contributed by atoms with Gasteiger partial charge in [0.05, 0.1) is 30.3 Å². The van der Waals surface area contributed by atoms with Gasteiger partial charge in [0.1, 0.15) is 11.4 Å². The number of rotatable bonds is 5. The zero-order valence-corrected chi connectivity index (χ0v) is 20.8. The monoisotopic (exact) mass is 466 g/mol. The van der Waals surface area contributed by atoms with Crippen LogP contribution in [-0.2, 0) is 11.2 Å². The molecule has 1 fully saturated rings. The summed E-state index contributed by atoms with van der Waals surface area (Å²) in [5, 5.41) is 6.33. The Morgan fingerprint density at radius 3 is 2.68 bits per heavy atom. The van der Waals surface area contributed by atoms with Crippen LogP contribution in [0.2, 0.25) is 0 Å². The Kier molecular flexibility index (Phi) is 6.29. The highest BCUT2D eigenvalue weighted by Gasteiger charge is 2.34. The number of ether oxygens (including phenoxy) is 1. The van der Waals surface area contributed by atoms with Gasteiger partial charge in [0, 0.05) is 44.5 Å². The molecule has 0 spiro atoms. The van der Waals surface area contributed by atoms with E-state index in [2.05, 4.69) is 38.4 Å². The molecular weight excluding hydrogens is 432 g/mol. The summed E-state index contributed by atoms with van der Waals surface area (Å²) in [5.74, 6) is 0.707. The minimum atomic E-state index is -0.529. The molecular formula is C25H34N6O3. The molecule has 2 aromatic rings. The van der Waals surface area contributed by atoms with Crippen molar-refractivity contribution >= 4 is 34.9 Å². The Morgan fingerprint density at radius 1 is 1.26 bits per heavy atom. The number of aromatic nitrogens is 1. The van der Waals surface area contributed by atoms with Gasteiger partial charge in [-0.15, -0.1) is 0 Å². The number of amides is 2. The number of benzene rings is 1. The quantitative estimate of drug-likeness (QED) is 0.696. The summed E-state index contributed by atoms with van der Waals surface area (Å²) in [6.45, 7) is 9.27. The van der Waals surface area contributed by atoms with Crippen LogP contribution >= 0.6 is 0 Å². The highest BCUT2D eigenvalue weighted by molar-refractivity contribution is 5.95. The van der Waals surface area contributed by atoms with E-state index in [1.165, 1.54) is 0 Å². The fourth-order valence-corrected chi connectivity index (χ4v) is 4.13. The van der Waals surface area contributed by atoms with Crippen molar-refractivity contribution in [2.24, 2.45) is 0 Å². The van der Waals surface area contributed by atoms with E-state index in [1.807, 2.05) is 59.3 Å². The van der Waals surface area contributed by atoms with E-state index >= 15 is 0 Å². The lowest BCUT2D eigenvalue weighted by atomic mass is 10.0. The minimum Gasteiger partial charge on any atom is -0.444 e. The predicted molar refractivity (Wildman–Crippen MR) is 134 cm³/mol. The first kappa shape index (κ1) is 23.7. The van der Waals surface area contributed by atoms with Gasteiger partial charge in [0.2, 0.25) is 0 Å². The Labute approximate surface area is 201 Å². The highest BCUT2D eigenvalue weighted by Crippen LogP contribution is 2.35. The van der Waals surface area contributed by atoms with Crippen molar-refractivity contribution in [3.63, 3.8) is 0 Å². The number of nitrogens with zero attached hydrogens (tertiary/aromatic N) is 4. The molecule has 0 atom stereocenters. The third-order valence-electron chi connectivity index (χ3n) is 6.08. The molecule has 2 aliphatic rings.